The third kappa shape index (κ3) is 5.25. The molecule has 1 aliphatic rings. The molecule has 11 heteroatoms. The Morgan fingerprint density at radius 1 is 1.00 bits per heavy atom. The number of carbonyl (C=O) groups is 2. The first-order chi connectivity index (χ1) is 19.4. The van der Waals surface area contributed by atoms with Gasteiger partial charge in [0.15, 0.2) is 11.4 Å². The van der Waals surface area contributed by atoms with Crippen LogP contribution in [0.25, 0.3) is 28.0 Å². The Bertz CT molecular complexity index is 1490. The molecule has 5 rings (SSSR count). The molecule has 11 nitrogen and oxygen atoms in total. The Hall–Kier alpha value is -4.35. The monoisotopic (exact) mass is 543 g/mol. The molecule has 2 amide bonds. The number of nitrogen functional groups attached to an aromatic ring is 1. The van der Waals surface area contributed by atoms with Gasteiger partial charge in [0.25, 0.3) is 0 Å². The fourth-order valence-electron chi connectivity index (χ4n) is 5.31. The van der Waals surface area contributed by atoms with E-state index in [9.17, 15) is 19.8 Å². The summed E-state index contributed by atoms with van der Waals surface area (Å²) in [5.41, 5.74) is 11.5. The molecule has 0 spiro atoms. The summed E-state index contributed by atoms with van der Waals surface area (Å²) in [5.74, 6) is -0.0349. The summed E-state index contributed by atoms with van der Waals surface area (Å²) in [6.45, 7) is 2.36. The Morgan fingerprint density at radius 2 is 1.70 bits per heavy atom. The van der Waals surface area contributed by atoms with E-state index in [0.29, 0.717) is 42.8 Å². The number of hydrogen-bond donors (Lipinski definition) is 3. The van der Waals surface area contributed by atoms with Crippen LogP contribution in [0.2, 0.25) is 0 Å². The minimum absolute atomic E-state index is 0.0827. The molecular formula is C29H33N7O4. The molecule has 40 heavy (non-hydrogen) atoms. The summed E-state index contributed by atoms with van der Waals surface area (Å²) >= 11 is 0. The zero-order valence-electron chi connectivity index (χ0n) is 22.4. The molecule has 1 saturated heterocycles. The standard InChI is InChI=1S/C29H33N7O4/c1-19(39)25-26(21-9-11-34(12-10-21)29(40)35(13-15-37)14-16-38)33-28-23(18-32-36(28)27(25)30)22-7-8-24(31-17-22)20-5-3-2-4-6-20/h2-8,17-18,21,37-38H,9-16,30H2,1H3. The average molecular weight is 544 g/mol. The van der Waals surface area contributed by atoms with E-state index in [1.165, 1.54) is 16.3 Å². The second-order valence-electron chi connectivity index (χ2n) is 9.88. The number of piperidine rings is 1. The molecule has 0 aliphatic carbocycles. The third-order valence-corrected chi connectivity index (χ3v) is 7.37. The van der Waals surface area contributed by atoms with Crippen LogP contribution in [0.3, 0.4) is 0 Å². The van der Waals surface area contributed by atoms with Crippen molar-refractivity contribution in [3.05, 3.63) is 66.1 Å². The first-order valence-corrected chi connectivity index (χ1v) is 13.4. The summed E-state index contributed by atoms with van der Waals surface area (Å²) in [6, 6.07) is 13.6. The van der Waals surface area contributed by atoms with Crippen LogP contribution in [-0.2, 0) is 0 Å². The number of aromatic nitrogens is 4. The van der Waals surface area contributed by atoms with Gasteiger partial charge in [-0.3, -0.25) is 9.78 Å². The van der Waals surface area contributed by atoms with Gasteiger partial charge in [0.1, 0.15) is 5.82 Å². The van der Waals surface area contributed by atoms with Gasteiger partial charge < -0.3 is 25.7 Å². The third-order valence-electron chi connectivity index (χ3n) is 7.37. The van der Waals surface area contributed by atoms with E-state index in [2.05, 4.69) is 10.1 Å². The highest BCUT2D eigenvalue weighted by molar-refractivity contribution is 6.00. The fraction of sp³-hybridized carbons (Fsp3) is 0.345. The predicted octanol–water partition coefficient (Wildman–Crippen LogP) is 2.83. The van der Waals surface area contributed by atoms with Gasteiger partial charge >= 0.3 is 6.03 Å². The lowest BCUT2D eigenvalue weighted by atomic mass is 9.89. The Morgan fingerprint density at radius 3 is 2.30 bits per heavy atom. The van der Waals surface area contributed by atoms with Crippen molar-refractivity contribution in [3.63, 3.8) is 0 Å². The van der Waals surface area contributed by atoms with Gasteiger partial charge in [-0.05, 0) is 25.8 Å². The van der Waals surface area contributed by atoms with Crippen LogP contribution in [0.1, 0.15) is 41.7 Å². The number of benzene rings is 1. The van der Waals surface area contributed by atoms with Gasteiger partial charge in [0.2, 0.25) is 0 Å². The number of anilines is 1. The fourth-order valence-corrected chi connectivity index (χ4v) is 5.31. The maximum atomic E-state index is 12.9. The number of carbonyl (C=O) groups excluding carboxylic acids is 2. The van der Waals surface area contributed by atoms with E-state index < -0.39 is 0 Å². The summed E-state index contributed by atoms with van der Waals surface area (Å²) in [7, 11) is 0. The average Bonchev–Trinajstić information content (AvgIpc) is 3.41. The number of likely N-dealkylation sites (tertiary alicyclic amines) is 1. The number of Topliss-reactive ketones (excluding diaryl/α,β-unsaturated/α-hetero) is 1. The summed E-state index contributed by atoms with van der Waals surface area (Å²) in [4.78, 5) is 38.4. The number of aliphatic hydroxyl groups is 2. The number of amides is 2. The van der Waals surface area contributed by atoms with Crippen molar-refractivity contribution in [1.29, 1.82) is 0 Å². The number of urea groups is 1. The molecule has 3 aromatic heterocycles. The van der Waals surface area contributed by atoms with Crippen LogP contribution in [0.5, 0.6) is 0 Å². The van der Waals surface area contributed by atoms with Crippen LogP contribution in [-0.4, -0.2) is 90.8 Å². The first kappa shape index (κ1) is 27.2. The number of nitrogens with zero attached hydrogens (tertiary/aromatic N) is 6. The van der Waals surface area contributed by atoms with E-state index in [1.807, 2.05) is 42.5 Å². The van der Waals surface area contributed by atoms with Gasteiger partial charge in [-0.25, -0.2) is 9.78 Å². The van der Waals surface area contributed by atoms with Crippen molar-refractivity contribution in [2.45, 2.75) is 25.7 Å². The highest BCUT2D eigenvalue weighted by Gasteiger charge is 2.31. The van der Waals surface area contributed by atoms with Gasteiger partial charge in [0, 0.05) is 55.0 Å². The molecule has 0 radical (unpaired) electrons. The normalized spacial score (nSPS) is 14.0. The lowest BCUT2D eigenvalue weighted by Crippen LogP contribution is -2.48. The zero-order valence-corrected chi connectivity index (χ0v) is 22.4. The zero-order chi connectivity index (χ0) is 28.2. The van der Waals surface area contributed by atoms with Gasteiger partial charge in [-0.2, -0.15) is 9.61 Å². The van der Waals surface area contributed by atoms with Crippen LogP contribution in [0.15, 0.2) is 54.9 Å². The quantitative estimate of drug-likeness (QED) is 0.287. The molecule has 1 aliphatic heterocycles. The van der Waals surface area contributed by atoms with E-state index in [4.69, 9.17) is 10.7 Å². The molecule has 0 saturated carbocycles. The Labute approximate surface area is 231 Å². The lowest BCUT2D eigenvalue weighted by Gasteiger charge is -2.35. The van der Waals surface area contributed by atoms with Gasteiger partial charge in [-0.1, -0.05) is 36.4 Å². The molecule has 4 heterocycles. The number of fused-ring (bicyclic) bond motifs is 1. The second kappa shape index (κ2) is 11.8. The first-order valence-electron chi connectivity index (χ1n) is 13.4. The molecule has 4 aromatic rings. The molecule has 208 valence electrons. The minimum Gasteiger partial charge on any atom is -0.395 e. The maximum absolute atomic E-state index is 12.9. The van der Waals surface area contributed by atoms with Crippen LogP contribution in [0, 0.1) is 0 Å². The summed E-state index contributed by atoms with van der Waals surface area (Å²) in [6.07, 6.45) is 4.66. The summed E-state index contributed by atoms with van der Waals surface area (Å²) < 4.78 is 1.50. The smallest absolute Gasteiger partial charge is 0.320 e. The molecule has 0 unspecified atom stereocenters. The molecule has 0 atom stereocenters. The molecule has 1 aromatic carbocycles. The molecule has 4 N–H and O–H groups in total. The molecular weight excluding hydrogens is 510 g/mol. The Kier molecular flexibility index (Phi) is 8.04. The maximum Gasteiger partial charge on any atom is 0.320 e. The van der Waals surface area contributed by atoms with Crippen LogP contribution < -0.4 is 5.73 Å². The summed E-state index contributed by atoms with van der Waals surface area (Å²) in [5, 5.41) is 23.0. The largest absolute Gasteiger partial charge is 0.395 e. The van der Waals surface area contributed by atoms with Crippen LogP contribution in [0.4, 0.5) is 10.6 Å². The predicted molar refractivity (Wildman–Crippen MR) is 151 cm³/mol. The number of ketones is 1. The van der Waals surface area contributed by atoms with Crippen LogP contribution >= 0.6 is 0 Å². The highest BCUT2D eigenvalue weighted by Crippen LogP contribution is 2.35. The van der Waals surface area contributed by atoms with Gasteiger partial charge in [-0.15, -0.1) is 0 Å². The van der Waals surface area contributed by atoms with Crippen molar-refractivity contribution in [2.75, 3.05) is 45.1 Å². The number of hydrogen-bond acceptors (Lipinski definition) is 8. The van der Waals surface area contributed by atoms with E-state index in [-0.39, 0.29) is 49.9 Å². The molecule has 1 fully saturated rings. The van der Waals surface area contributed by atoms with E-state index in [0.717, 1.165) is 22.4 Å². The number of aliphatic hydroxyl groups excluding tert-OH is 2. The van der Waals surface area contributed by atoms with Crippen molar-refractivity contribution < 1.29 is 19.8 Å². The van der Waals surface area contributed by atoms with E-state index >= 15 is 0 Å². The molecule has 0 bridgehead atoms. The number of pyridine rings is 1. The highest BCUT2D eigenvalue weighted by atomic mass is 16.3. The number of nitrogens with two attached hydrogens (primary N) is 1. The number of rotatable bonds is 8. The van der Waals surface area contributed by atoms with Gasteiger partial charge in [0.05, 0.1) is 36.4 Å². The topological polar surface area (TPSA) is 150 Å². The van der Waals surface area contributed by atoms with E-state index in [1.54, 1.807) is 17.3 Å². The minimum atomic E-state index is -0.221. The van der Waals surface area contributed by atoms with Crippen molar-refractivity contribution in [1.82, 2.24) is 29.4 Å². The second-order valence-corrected chi connectivity index (χ2v) is 9.88. The van der Waals surface area contributed by atoms with Crippen molar-refractivity contribution in [3.8, 4) is 22.4 Å². The lowest BCUT2D eigenvalue weighted by molar-refractivity contribution is 0.101. The van der Waals surface area contributed by atoms with Crippen molar-refractivity contribution in [2.24, 2.45) is 0 Å². The van der Waals surface area contributed by atoms with Crippen molar-refractivity contribution >= 4 is 23.3 Å². The SMILES string of the molecule is CC(=O)c1c(C2CCN(C(=O)N(CCO)CCO)CC2)nc2c(-c3ccc(-c4ccccc4)nc3)cnn2c1N. The Balaban J connectivity index is 1.44.